The Kier molecular flexibility index (Phi) is 11.2. The molecule has 0 aliphatic carbocycles. The van der Waals surface area contributed by atoms with Crippen LogP contribution in [-0.2, 0) is 22.7 Å². The monoisotopic (exact) mass is 474 g/mol. The lowest BCUT2D eigenvalue weighted by Gasteiger charge is -2.34. The molecule has 2 N–H and O–H groups in total. The molecule has 0 atom stereocenters. The minimum Gasteiger partial charge on any atom is -0.494 e. The van der Waals surface area contributed by atoms with E-state index in [1.807, 2.05) is 19.9 Å². The third-order valence-corrected chi connectivity index (χ3v) is 5.22. The van der Waals surface area contributed by atoms with Gasteiger partial charge in [0, 0.05) is 39.3 Å². The first-order valence-corrected chi connectivity index (χ1v) is 11.3. The summed E-state index contributed by atoms with van der Waals surface area (Å²) in [5.74, 6) is -1.07. The largest absolute Gasteiger partial charge is 0.494 e. The Bertz CT molecular complexity index is 898. The van der Waals surface area contributed by atoms with Crippen LogP contribution in [0.2, 0.25) is 0 Å². The topological polar surface area (TPSA) is 109 Å². The maximum absolute atomic E-state index is 9.10. The van der Waals surface area contributed by atoms with Crippen LogP contribution in [-0.4, -0.2) is 78.5 Å². The van der Waals surface area contributed by atoms with Gasteiger partial charge in [0.15, 0.2) is 11.5 Å². The van der Waals surface area contributed by atoms with E-state index in [9.17, 15) is 0 Å². The summed E-state index contributed by atoms with van der Waals surface area (Å²) < 4.78 is 16.6. The fraction of sp³-hybridized carbons (Fsp3) is 0.440. The summed E-state index contributed by atoms with van der Waals surface area (Å²) >= 11 is 0. The summed E-state index contributed by atoms with van der Waals surface area (Å²) in [6, 6.07) is 14.7. The van der Waals surface area contributed by atoms with Crippen LogP contribution in [0, 0.1) is 0 Å². The molecule has 2 aromatic carbocycles. The Morgan fingerprint density at radius 2 is 1.26 bits per heavy atom. The number of carboxylic acids is 2. The van der Waals surface area contributed by atoms with Crippen molar-refractivity contribution in [2.24, 2.45) is 0 Å². The molecule has 0 bridgehead atoms. The fourth-order valence-corrected chi connectivity index (χ4v) is 3.57. The van der Waals surface area contributed by atoms with Crippen LogP contribution >= 0.6 is 0 Å². The van der Waals surface area contributed by atoms with Crippen LogP contribution in [0.5, 0.6) is 17.2 Å². The van der Waals surface area contributed by atoms with Gasteiger partial charge in [-0.25, -0.2) is 9.59 Å². The van der Waals surface area contributed by atoms with Gasteiger partial charge >= 0.3 is 11.9 Å². The van der Waals surface area contributed by atoms with Gasteiger partial charge in [-0.1, -0.05) is 18.2 Å². The number of aliphatic carboxylic acids is 2. The quantitative estimate of drug-likeness (QED) is 0.530. The molecule has 0 unspecified atom stereocenters. The molecule has 186 valence electrons. The highest BCUT2D eigenvalue weighted by molar-refractivity contribution is 6.27. The van der Waals surface area contributed by atoms with Gasteiger partial charge in [-0.3, -0.25) is 9.80 Å². The van der Waals surface area contributed by atoms with Crippen LogP contribution in [0.15, 0.2) is 42.5 Å². The Morgan fingerprint density at radius 3 is 1.74 bits per heavy atom. The SMILES string of the molecule is CCOc1ccc(CN2CCN(Cc3ccc(OC)c(OCC)c3)CC2)cc1.O=C(O)C(=O)O. The number of ether oxygens (including phenoxy) is 3. The van der Waals surface area contributed by atoms with Gasteiger partial charge in [0.2, 0.25) is 0 Å². The summed E-state index contributed by atoms with van der Waals surface area (Å²) in [4.78, 5) is 23.2. The maximum Gasteiger partial charge on any atom is 0.414 e. The predicted molar refractivity (Wildman–Crippen MR) is 128 cm³/mol. The molecule has 0 radical (unpaired) electrons. The van der Waals surface area contributed by atoms with E-state index >= 15 is 0 Å². The Morgan fingerprint density at radius 1 is 0.765 bits per heavy atom. The number of carbonyl (C=O) groups is 2. The molecule has 9 nitrogen and oxygen atoms in total. The number of hydrogen-bond donors (Lipinski definition) is 2. The van der Waals surface area contributed by atoms with E-state index in [1.165, 1.54) is 11.1 Å². The van der Waals surface area contributed by atoms with E-state index in [2.05, 4.69) is 46.2 Å². The van der Waals surface area contributed by atoms with E-state index < -0.39 is 11.9 Å². The Balaban J connectivity index is 0.000000604. The Labute approximate surface area is 200 Å². The summed E-state index contributed by atoms with van der Waals surface area (Å²) in [7, 11) is 1.68. The molecule has 1 aliphatic rings. The number of hydrogen-bond acceptors (Lipinski definition) is 7. The molecule has 1 saturated heterocycles. The van der Waals surface area contributed by atoms with Gasteiger partial charge in [-0.2, -0.15) is 0 Å². The number of piperazine rings is 1. The van der Waals surface area contributed by atoms with Crippen molar-refractivity contribution < 1.29 is 34.0 Å². The number of methoxy groups -OCH3 is 1. The minimum absolute atomic E-state index is 0.643. The third-order valence-electron chi connectivity index (χ3n) is 5.22. The number of rotatable bonds is 9. The van der Waals surface area contributed by atoms with Crippen molar-refractivity contribution in [2.75, 3.05) is 46.5 Å². The molecule has 9 heteroatoms. The second kappa shape index (κ2) is 14.1. The maximum atomic E-state index is 9.10. The van der Waals surface area contributed by atoms with Gasteiger partial charge in [-0.15, -0.1) is 0 Å². The highest BCUT2D eigenvalue weighted by Crippen LogP contribution is 2.28. The van der Waals surface area contributed by atoms with Crippen LogP contribution in [0.25, 0.3) is 0 Å². The van der Waals surface area contributed by atoms with Crippen molar-refractivity contribution in [3.05, 3.63) is 53.6 Å². The molecule has 1 heterocycles. The van der Waals surface area contributed by atoms with Crippen LogP contribution in [0.3, 0.4) is 0 Å². The van der Waals surface area contributed by atoms with Crippen molar-refractivity contribution in [3.63, 3.8) is 0 Å². The molecule has 0 spiro atoms. The number of nitrogens with zero attached hydrogens (tertiary/aromatic N) is 2. The summed E-state index contributed by atoms with van der Waals surface area (Å²) in [5, 5.41) is 14.8. The zero-order valence-electron chi connectivity index (χ0n) is 20.0. The molecule has 2 aromatic rings. The van der Waals surface area contributed by atoms with Gasteiger partial charge in [0.25, 0.3) is 0 Å². The van der Waals surface area contributed by atoms with E-state index in [1.54, 1.807) is 7.11 Å². The van der Waals surface area contributed by atoms with Crippen LogP contribution in [0.4, 0.5) is 0 Å². The number of carboxylic acid groups (broad SMARTS) is 2. The first kappa shape index (κ1) is 26.9. The molecule has 0 aromatic heterocycles. The standard InChI is InChI=1S/C23H32N2O3.C2H2O4/c1-4-27-21-9-6-19(7-10-21)17-24-12-14-25(15-13-24)18-20-8-11-22(26-3)23(16-20)28-5-2;3-1(4)2(5)6/h6-11,16H,4-5,12-15,17-18H2,1-3H3;(H,3,4)(H,5,6). The molecule has 0 saturated carbocycles. The number of benzene rings is 2. The zero-order valence-corrected chi connectivity index (χ0v) is 20.0. The van der Waals surface area contributed by atoms with Crippen LogP contribution < -0.4 is 14.2 Å². The lowest BCUT2D eigenvalue weighted by atomic mass is 10.1. The van der Waals surface area contributed by atoms with Crippen molar-refractivity contribution in [2.45, 2.75) is 26.9 Å². The normalized spacial score (nSPS) is 14.0. The van der Waals surface area contributed by atoms with Crippen LogP contribution in [0.1, 0.15) is 25.0 Å². The second-order valence-corrected chi connectivity index (χ2v) is 7.66. The van der Waals surface area contributed by atoms with Crippen molar-refractivity contribution in [1.82, 2.24) is 9.80 Å². The smallest absolute Gasteiger partial charge is 0.414 e. The van der Waals surface area contributed by atoms with E-state index in [0.717, 1.165) is 56.5 Å². The van der Waals surface area contributed by atoms with Gasteiger partial charge in [-0.05, 0) is 49.2 Å². The first-order chi connectivity index (χ1) is 16.4. The third kappa shape index (κ3) is 8.92. The van der Waals surface area contributed by atoms with E-state index in [0.29, 0.717) is 13.2 Å². The molecule has 0 amide bonds. The van der Waals surface area contributed by atoms with E-state index in [4.69, 9.17) is 34.0 Å². The highest BCUT2D eigenvalue weighted by Gasteiger charge is 2.18. The summed E-state index contributed by atoms with van der Waals surface area (Å²) in [5.41, 5.74) is 2.61. The second-order valence-electron chi connectivity index (χ2n) is 7.66. The molecule has 34 heavy (non-hydrogen) atoms. The summed E-state index contributed by atoms with van der Waals surface area (Å²) in [6.45, 7) is 11.6. The molecule has 3 rings (SSSR count). The molecule has 1 aliphatic heterocycles. The average Bonchev–Trinajstić information content (AvgIpc) is 2.82. The molecular weight excluding hydrogens is 440 g/mol. The minimum atomic E-state index is -1.82. The van der Waals surface area contributed by atoms with Crippen molar-refractivity contribution >= 4 is 11.9 Å². The Hall–Kier alpha value is -3.30. The molecule has 1 fully saturated rings. The lowest BCUT2D eigenvalue weighted by Crippen LogP contribution is -2.45. The lowest BCUT2D eigenvalue weighted by molar-refractivity contribution is -0.159. The summed E-state index contributed by atoms with van der Waals surface area (Å²) in [6.07, 6.45) is 0. The van der Waals surface area contributed by atoms with Gasteiger partial charge < -0.3 is 24.4 Å². The predicted octanol–water partition coefficient (Wildman–Crippen LogP) is 2.97. The average molecular weight is 475 g/mol. The first-order valence-electron chi connectivity index (χ1n) is 11.3. The highest BCUT2D eigenvalue weighted by atomic mass is 16.5. The zero-order chi connectivity index (χ0) is 24.9. The van der Waals surface area contributed by atoms with Crippen molar-refractivity contribution in [1.29, 1.82) is 0 Å². The fourth-order valence-electron chi connectivity index (χ4n) is 3.57. The van der Waals surface area contributed by atoms with Gasteiger partial charge in [0.1, 0.15) is 5.75 Å². The van der Waals surface area contributed by atoms with Gasteiger partial charge in [0.05, 0.1) is 20.3 Å². The molecular formula is C25H34N2O7. The van der Waals surface area contributed by atoms with E-state index in [-0.39, 0.29) is 0 Å². The van der Waals surface area contributed by atoms with Crippen molar-refractivity contribution in [3.8, 4) is 17.2 Å².